The zero-order chi connectivity index (χ0) is 28.2. The highest BCUT2D eigenvalue weighted by atomic mass is 32.1. The van der Waals surface area contributed by atoms with E-state index >= 15 is 4.39 Å². The van der Waals surface area contributed by atoms with Gasteiger partial charge in [0.25, 0.3) is 0 Å². The average molecular weight is 558 g/mol. The van der Waals surface area contributed by atoms with E-state index in [-0.39, 0.29) is 29.8 Å². The molecular weight excluding hydrogens is 529 g/mol. The second-order valence-corrected chi connectivity index (χ2v) is 10.4. The highest BCUT2D eigenvalue weighted by molar-refractivity contribution is 7.22. The van der Waals surface area contributed by atoms with Crippen LogP contribution >= 0.6 is 11.3 Å². The quantitative estimate of drug-likeness (QED) is 0.200. The first kappa shape index (κ1) is 27.0. The Morgan fingerprint density at radius 3 is 2.58 bits per heavy atom. The molecule has 3 heterocycles. The molecule has 0 unspecified atom stereocenters. The van der Waals surface area contributed by atoms with Gasteiger partial charge in [-0.05, 0) is 51.1 Å². The van der Waals surface area contributed by atoms with E-state index in [1.54, 1.807) is 23.5 Å². The highest BCUT2D eigenvalue weighted by Crippen LogP contribution is 2.39. The topological polar surface area (TPSA) is 89.3 Å². The number of amides is 2. The summed E-state index contributed by atoms with van der Waals surface area (Å²) >= 11 is 1.47. The second kappa shape index (κ2) is 11.7. The molecule has 0 aliphatic carbocycles. The number of fused-ring (bicyclic) bond motifs is 1. The van der Waals surface area contributed by atoms with Crippen LogP contribution in [0.1, 0.15) is 27.2 Å². The van der Waals surface area contributed by atoms with Crippen molar-refractivity contribution in [2.24, 2.45) is 0 Å². The van der Waals surface area contributed by atoms with E-state index in [0.717, 1.165) is 27.3 Å². The number of imidazole rings is 1. The molecule has 40 heavy (non-hydrogen) atoms. The van der Waals surface area contributed by atoms with Crippen LogP contribution < -0.4 is 15.0 Å². The van der Waals surface area contributed by atoms with Gasteiger partial charge in [0.15, 0.2) is 11.6 Å². The van der Waals surface area contributed by atoms with Crippen LogP contribution in [-0.2, 0) is 16.1 Å². The maximum absolute atomic E-state index is 15.0. The molecule has 0 saturated carbocycles. The van der Waals surface area contributed by atoms with E-state index in [1.807, 2.05) is 67.9 Å². The summed E-state index contributed by atoms with van der Waals surface area (Å²) in [5.74, 6) is -1.07. The Balaban J connectivity index is 1.28. The number of nitrogens with one attached hydrogen (secondary N) is 1. The lowest BCUT2D eigenvalue weighted by atomic mass is 10.2. The zero-order valence-electron chi connectivity index (χ0n) is 22.3. The van der Waals surface area contributed by atoms with E-state index in [9.17, 15) is 9.59 Å². The number of para-hydroxylation sites is 1. The third kappa shape index (κ3) is 5.86. The Kier molecular flexibility index (Phi) is 7.88. The molecule has 2 aromatic carbocycles. The van der Waals surface area contributed by atoms with Crippen LogP contribution in [0.25, 0.3) is 20.8 Å². The van der Waals surface area contributed by atoms with Crippen molar-refractivity contribution in [1.82, 2.24) is 14.5 Å². The van der Waals surface area contributed by atoms with Crippen molar-refractivity contribution in [3.63, 3.8) is 0 Å². The Morgan fingerprint density at radius 2 is 1.88 bits per heavy atom. The van der Waals surface area contributed by atoms with Crippen molar-refractivity contribution in [3.8, 4) is 22.1 Å². The van der Waals surface area contributed by atoms with E-state index in [1.165, 1.54) is 29.5 Å². The first-order chi connectivity index (χ1) is 19.3. The van der Waals surface area contributed by atoms with Gasteiger partial charge in [0, 0.05) is 48.5 Å². The molecule has 204 valence electrons. The van der Waals surface area contributed by atoms with Gasteiger partial charge in [0.2, 0.25) is 11.8 Å². The van der Waals surface area contributed by atoms with Crippen LogP contribution in [0.5, 0.6) is 11.5 Å². The highest BCUT2D eigenvalue weighted by Gasteiger charge is 2.22. The SMILES string of the molecule is CCn1cnc(-c2cc3nccc(Oc4ccc(NC(=O)CC(=O)N(c5ccccc5)C(C)C)cc4F)c3s2)c1. The molecule has 0 aliphatic heterocycles. The molecule has 0 aliphatic rings. The molecule has 5 aromatic rings. The molecular formula is C30H28FN5O3S. The number of anilines is 2. The minimum Gasteiger partial charge on any atom is -0.453 e. The van der Waals surface area contributed by atoms with Gasteiger partial charge in [-0.25, -0.2) is 9.37 Å². The number of nitrogens with zero attached hydrogens (tertiary/aromatic N) is 4. The second-order valence-electron chi connectivity index (χ2n) is 9.39. The summed E-state index contributed by atoms with van der Waals surface area (Å²) in [4.78, 5) is 36.9. The number of ether oxygens (including phenoxy) is 1. The number of carbonyl (C=O) groups is 2. The fourth-order valence-electron chi connectivity index (χ4n) is 4.31. The molecule has 0 saturated heterocycles. The third-order valence-electron chi connectivity index (χ3n) is 6.19. The van der Waals surface area contributed by atoms with Crippen molar-refractivity contribution in [1.29, 1.82) is 0 Å². The molecule has 0 radical (unpaired) electrons. The summed E-state index contributed by atoms with van der Waals surface area (Å²) in [6.45, 7) is 6.62. The van der Waals surface area contributed by atoms with Crippen molar-refractivity contribution >= 4 is 44.7 Å². The largest absolute Gasteiger partial charge is 0.453 e. The van der Waals surface area contributed by atoms with Crippen LogP contribution in [0.3, 0.4) is 0 Å². The fourth-order valence-corrected chi connectivity index (χ4v) is 5.33. The van der Waals surface area contributed by atoms with E-state index in [2.05, 4.69) is 15.3 Å². The first-order valence-corrected chi connectivity index (χ1v) is 13.7. The van der Waals surface area contributed by atoms with E-state index in [0.29, 0.717) is 11.4 Å². The normalized spacial score (nSPS) is 11.1. The number of carbonyl (C=O) groups excluding carboxylic acids is 2. The minimum absolute atomic E-state index is 0.00171. The maximum Gasteiger partial charge on any atom is 0.236 e. The molecule has 0 bridgehead atoms. The van der Waals surface area contributed by atoms with Crippen molar-refractivity contribution in [3.05, 3.63) is 85.2 Å². The molecule has 3 aromatic heterocycles. The van der Waals surface area contributed by atoms with Gasteiger partial charge in [0.05, 0.1) is 27.1 Å². The lowest BCUT2D eigenvalue weighted by molar-refractivity contribution is -0.125. The summed E-state index contributed by atoms with van der Waals surface area (Å²) in [5.41, 5.74) is 2.49. The van der Waals surface area contributed by atoms with Gasteiger partial charge in [-0.1, -0.05) is 18.2 Å². The van der Waals surface area contributed by atoms with Crippen molar-refractivity contribution < 1.29 is 18.7 Å². The maximum atomic E-state index is 15.0. The molecule has 0 atom stereocenters. The lowest BCUT2D eigenvalue weighted by Crippen LogP contribution is -2.38. The molecule has 8 nitrogen and oxygen atoms in total. The fraction of sp³-hybridized carbons (Fsp3) is 0.200. The van der Waals surface area contributed by atoms with Gasteiger partial charge < -0.3 is 19.5 Å². The van der Waals surface area contributed by atoms with Gasteiger partial charge >= 0.3 is 0 Å². The lowest BCUT2D eigenvalue weighted by Gasteiger charge is -2.26. The van der Waals surface area contributed by atoms with Crippen LogP contribution in [0.4, 0.5) is 15.8 Å². The average Bonchev–Trinajstić information content (AvgIpc) is 3.58. The molecule has 0 spiro atoms. The number of hydrogen-bond acceptors (Lipinski definition) is 6. The van der Waals surface area contributed by atoms with Crippen LogP contribution in [0, 0.1) is 5.82 Å². The summed E-state index contributed by atoms with van der Waals surface area (Å²) in [7, 11) is 0. The summed E-state index contributed by atoms with van der Waals surface area (Å²) in [6, 6.07) is 16.8. The number of halogens is 1. The van der Waals surface area contributed by atoms with Gasteiger partial charge in [-0.15, -0.1) is 11.3 Å². The third-order valence-corrected chi connectivity index (χ3v) is 7.35. The predicted molar refractivity (Wildman–Crippen MR) is 155 cm³/mol. The molecule has 10 heteroatoms. The summed E-state index contributed by atoms with van der Waals surface area (Å²) < 4.78 is 23.7. The van der Waals surface area contributed by atoms with Crippen molar-refractivity contribution in [2.75, 3.05) is 10.2 Å². The zero-order valence-corrected chi connectivity index (χ0v) is 23.1. The number of aromatic nitrogens is 3. The van der Waals surface area contributed by atoms with Gasteiger partial charge in [-0.2, -0.15) is 0 Å². The summed E-state index contributed by atoms with van der Waals surface area (Å²) in [6.07, 6.45) is 4.98. The Labute approximate surface area is 235 Å². The Bertz CT molecular complexity index is 1660. The number of benzene rings is 2. The number of hydrogen-bond donors (Lipinski definition) is 1. The number of aryl methyl sites for hydroxylation is 1. The van der Waals surface area contributed by atoms with Gasteiger partial charge in [-0.3, -0.25) is 14.6 Å². The standard InChI is InChI=1S/C30H28FN5O3S/c1-4-35-17-24(33-18-35)27-15-23-30(40-27)26(12-13-32-23)39-25-11-10-20(14-22(25)31)34-28(37)16-29(38)36(19(2)3)21-8-6-5-7-9-21/h5-15,17-19H,4,16H2,1-3H3,(H,34,37). The van der Waals surface area contributed by atoms with Crippen LogP contribution in [-0.4, -0.2) is 32.4 Å². The minimum atomic E-state index is -0.652. The Hall–Kier alpha value is -4.57. The molecule has 1 N–H and O–H groups in total. The monoisotopic (exact) mass is 557 g/mol. The Morgan fingerprint density at radius 1 is 1.07 bits per heavy atom. The number of thiophene rings is 1. The van der Waals surface area contributed by atoms with Gasteiger partial charge in [0.1, 0.15) is 12.2 Å². The smallest absolute Gasteiger partial charge is 0.236 e. The molecule has 0 fully saturated rings. The number of pyridine rings is 1. The molecule has 5 rings (SSSR count). The predicted octanol–water partition coefficient (Wildman–Crippen LogP) is 6.88. The van der Waals surface area contributed by atoms with Crippen LogP contribution in [0.15, 0.2) is 79.4 Å². The first-order valence-electron chi connectivity index (χ1n) is 12.9. The molecule has 2 amide bonds. The van der Waals surface area contributed by atoms with E-state index < -0.39 is 11.7 Å². The van der Waals surface area contributed by atoms with Crippen molar-refractivity contribution in [2.45, 2.75) is 39.8 Å². The van der Waals surface area contributed by atoms with Crippen LogP contribution in [0.2, 0.25) is 0 Å². The van der Waals surface area contributed by atoms with E-state index in [4.69, 9.17) is 4.74 Å². The summed E-state index contributed by atoms with van der Waals surface area (Å²) in [5, 5.41) is 2.61. The number of rotatable bonds is 9.